The average Bonchev–Trinajstić information content (AvgIpc) is 2.37. The summed E-state index contributed by atoms with van der Waals surface area (Å²) in [4.78, 5) is 11.6. The lowest BCUT2D eigenvalue weighted by atomic mass is 10.1. The fourth-order valence-corrected chi connectivity index (χ4v) is 2.50. The van der Waals surface area contributed by atoms with Crippen molar-refractivity contribution in [2.45, 2.75) is 39.3 Å². The van der Waals surface area contributed by atoms with Crippen LogP contribution in [-0.2, 0) is 9.53 Å². The van der Waals surface area contributed by atoms with Crippen molar-refractivity contribution in [3.63, 3.8) is 0 Å². The molecule has 1 rings (SSSR count). The first-order valence-corrected chi connectivity index (χ1v) is 8.25. The predicted molar refractivity (Wildman–Crippen MR) is 87.7 cm³/mol. The lowest BCUT2D eigenvalue weighted by molar-refractivity contribution is -0.151. The molecule has 21 heavy (non-hydrogen) atoms. The summed E-state index contributed by atoms with van der Waals surface area (Å²) < 4.78 is 10.6. The van der Waals surface area contributed by atoms with Gasteiger partial charge in [0.1, 0.15) is 11.4 Å². The van der Waals surface area contributed by atoms with Crippen LogP contribution in [0.2, 0.25) is 0 Å². The topological polar surface area (TPSA) is 61.5 Å². The zero-order valence-electron chi connectivity index (χ0n) is 13.2. The molecule has 0 aromatic heterocycles. The van der Waals surface area contributed by atoms with Crippen LogP contribution in [0.3, 0.4) is 0 Å². The summed E-state index contributed by atoms with van der Waals surface area (Å²) in [6.45, 7) is 8.19. The fourth-order valence-electron chi connectivity index (χ4n) is 1.71. The van der Waals surface area contributed by atoms with Crippen LogP contribution in [0.1, 0.15) is 39.3 Å². The first-order valence-electron chi connectivity index (χ1n) is 7.09. The zero-order valence-corrected chi connectivity index (χ0v) is 14.0. The fraction of sp³-hybridized carbons (Fsp3) is 0.562. The van der Waals surface area contributed by atoms with E-state index in [-0.39, 0.29) is 12.0 Å². The molecule has 4 nitrogen and oxygen atoms in total. The Morgan fingerprint density at radius 2 is 1.90 bits per heavy atom. The number of rotatable bonds is 7. The van der Waals surface area contributed by atoms with Gasteiger partial charge >= 0.3 is 5.97 Å². The summed E-state index contributed by atoms with van der Waals surface area (Å²) in [7, 11) is 0. The quantitative estimate of drug-likeness (QED) is 0.784. The van der Waals surface area contributed by atoms with E-state index in [0.717, 1.165) is 11.3 Å². The Hall–Kier alpha value is -1.20. The standard InChI is InChI=1S/C16H25NO3S/c1-5-19-13-8-6-12(7-9-13)14(17)10-21-11-15(18)20-16(2,3)4/h6-9,14H,5,10-11,17H2,1-4H3. The van der Waals surface area contributed by atoms with Gasteiger partial charge in [-0.05, 0) is 45.4 Å². The number of esters is 1. The molecule has 0 saturated heterocycles. The number of benzene rings is 1. The Kier molecular flexibility index (Phi) is 7.05. The van der Waals surface area contributed by atoms with E-state index in [1.165, 1.54) is 11.8 Å². The van der Waals surface area contributed by atoms with Gasteiger partial charge in [0.05, 0.1) is 12.4 Å². The van der Waals surface area contributed by atoms with Crippen molar-refractivity contribution < 1.29 is 14.3 Å². The molecule has 0 spiro atoms. The van der Waals surface area contributed by atoms with Gasteiger partial charge in [-0.15, -0.1) is 11.8 Å². The van der Waals surface area contributed by atoms with E-state index < -0.39 is 5.60 Å². The zero-order chi connectivity index (χ0) is 15.9. The molecule has 2 N–H and O–H groups in total. The summed E-state index contributed by atoms with van der Waals surface area (Å²) in [5, 5.41) is 0. The van der Waals surface area contributed by atoms with Crippen molar-refractivity contribution >= 4 is 17.7 Å². The minimum atomic E-state index is -0.436. The van der Waals surface area contributed by atoms with Gasteiger partial charge in [0.25, 0.3) is 0 Å². The van der Waals surface area contributed by atoms with Gasteiger partial charge in [0, 0.05) is 11.8 Å². The molecule has 1 aromatic carbocycles. The Bertz CT molecular complexity index is 440. The highest BCUT2D eigenvalue weighted by Gasteiger charge is 2.16. The van der Waals surface area contributed by atoms with Crippen molar-refractivity contribution in [1.29, 1.82) is 0 Å². The third kappa shape index (κ3) is 7.39. The molecule has 1 aromatic rings. The number of hydrogen-bond donors (Lipinski definition) is 1. The van der Waals surface area contributed by atoms with Crippen LogP contribution in [0.25, 0.3) is 0 Å². The van der Waals surface area contributed by atoms with Gasteiger partial charge in [-0.3, -0.25) is 4.79 Å². The van der Waals surface area contributed by atoms with Gasteiger partial charge < -0.3 is 15.2 Å². The lowest BCUT2D eigenvalue weighted by Gasteiger charge is -2.19. The number of thioether (sulfide) groups is 1. The molecule has 5 heteroatoms. The van der Waals surface area contributed by atoms with E-state index in [9.17, 15) is 4.79 Å². The van der Waals surface area contributed by atoms with E-state index in [0.29, 0.717) is 18.1 Å². The van der Waals surface area contributed by atoms with Crippen molar-refractivity contribution in [2.24, 2.45) is 5.73 Å². The van der Waals surface area contributed by atoms with E-state index in [1.807, 2.05) is 52.0 Å². The van der Waals surface area contributed by atoms with Crippen LogP contribution in [0.4, 0.5) is 0 Å². The summed E-state index contributed by atoms with van der Waals surface area (Å²) in [5.41, 5.74) is 6.72. The van der Waals surface area contributed by atoms with Crippen LogP contribution in [0.5, 0.6) is 5.75 Å². The Morgan fingerprint density at radius 1 is 1.29 bits per heavy atom. The SMILES string of the molecule is CCOc1ccc(C(N)CSCC(=O)OC(C)(C)C)cc1. The van der Waals surface area contributed by atoms with E-state index >= 15 is 0 Å². The smallest absolute Gasteiger partial charge is 0.316 e. The first kappa shape index (κ1) is 17.9. The van der Waals surface area contributed by atoms with Crippen LogP contribution in [0, 0.1) is 0 Å². The van der Waals surface area contributed by atoms with Crippen molar-refractivity contribution in [2.75, 3.05) is 18.1 Å². The highest BCUT2D eigenvalue weighted by Crippen LogP contribution is 2.20. The Balaban J connectivity index is 2.36. The first-order chi connectivity index (χ1) is 9.81. The van der Waals surface area contributed by atoms with Crippen molar-refractivity contribution in [1.82, 2.24) is 0 Å². The van der Waals surface area contributed by atoms with Gasteiger partial charge in [0.2, 0.25) is 0 Å². The number of nitrogens with two attached hydrogens (primary N) is 1. The van der Waals surface area contributed by atoms with Crippen LogP contribution in [0.15, 0.2) is 24.3 Å². The highest BCUT2D eigenvalue weighted by molar-refractivity contribution is 7.99. The van der Waals surface area contributed by atoms with E-state index in [4.69, 9.17) is 15.2 Å². The third-order valence-corrected chi connectivity index (χ3v) is 3.59. The highest BCUT2D eigenvalue weighted by atomic mass is 32.2. The molecule has 118 valence electrons. The van der Waals surface area contributed by atoms with Gasteiger partial charge in [0.15, 0.2) is 0 Å². The maximum absolute atomic E-state index is 11.6. The maximum atomic E-state index is 11.6. The normalized spacial score (nSPS) is 12.8. The Morgan fingerprint density at radius 3 is 2.43 bits per heavy atom. The molecule has 0 heterocycles. The second-order valence-corrected chi connectivity index (χ2v) is 6.74. The molecule has 0 amide bonds. The third-order valence-electron chi connectivity index (χ3n) is 2.56. The molecule has 1 unspecified atom stereocenters. The van der Waals surface area contributed by atoms with Crippen molar-refractivity contribution in [3.8, 4) is 5.75 Å². The second kappa shape index (κ2) is 8.29. The largest absolute Gasteiger partial charge is 0.494 e. The van der Waals surface area contributed by atoms with Crippen molar-refractivity contribution in [3.05, 3.63) is 29.8 Å². The molecule has 0 aliphatic heterocycles. The van der Waals surface area contributed by atoms with Crippen LogP contribution < -0.4 is 10.5 Å². The molecule has 0 aliphatic rings. The van der Waals surface area contributed by atoms with Gasteiger partial charge in [-0.2, -0.15) is 0 Å². The molecule has 0 fully saturated rings. The molecule has 1 atom stereocenters. The summed E-state index contributed by atoms with van der Waals surface area (Å²) in [6, 6.07) is 7.65. The Labute approximate surface area is 131 Å². The number of carbonyl (C=O) groups is 1. The molecule has 0 radical (unpaired) electrons. The molecular weight excluding hydrogens is 286 g/mol. The van der Waals surface area contributed by atoms with E-state index in [2.05, 4.69) is 0 Å². The number of ether oxygens (including phenoxy) is 2. The van der Waals surface area contributed by atoms with Crippen LogP contribution in [-0.4, -0.2) is 29.7 Å². The molecule has 0 bridgehead atoms. The summed E-state index contributed by atoms with van der Waals surface area (Å²) >= 11 is 1.49. The minimum Gasteiger partial charge on any atom is -0.494 e. The summed E-state index contributed by atoms with van der Waals surface area (Å²) in [5.74, 6) is 1.64. The number of carbonyl (C=O) groups excluding carboxylic acids is 1. The molecule has 0 saturated carbocycles. The second-order valence-electron chi connectivity index (χ2n) is 5.71. The number of hydrogen-bond acceptors (Lipinski definition) is 5. The molecule has 0 aliphatic carbocycles. The van der Waals surface area contributed by atoms with Gasteiger partial charge in [-0.1, -0.05) is 12.1 Å². The monoisotopic (exact) mass is 311 g/mol. The maximum Gasteiger partial charge on any atom is 0.316 e. The van der Waals surface area contributed by atoms with Crippen LogP contribution >= 0.6 is 11.8 Å². The predicted octanol–water partition coefficient (Wildman–Crippen LogP) is 3.16. The summed E-state index contributed by atoms with van der Waals surface area (Å²) in [6.07, 6.45) is 0. The minimum absolute atomic E-state index is 0.104. The van der Waals surface area contributed by atoms with E-state index in [1.54, 1.807) is 0 Å². The lowest BCUT2D eigenvalue weighted by Crippen LogP contribution is -2.25. The molecular formula is C16H25NO3S. The van der Waals surface area contributed by atoms with Gasteiger partial charge in [-0.25, -0.2) is 0 Å². The average molecular weight is 311 g/mol.